The summed E-state index contributed by atoms with van der Waals surface area (Å²) in [5.74, 6) is -0.258. The minimum Gasteiger partial charge on any atom is -0.272 e. The molecule has 5 heteroatoms. The predicted molar refractivity (Wildman–Crippen MR) is 46.2 cm³/mol. The van der Waals surface area contributed by atoms with Crippen LogP contribution in [0.1, 0.15) is 9.67 Å². The lowest BCUT2D eigenvalue weighted by atomic mass is 10.4. The Hall–Kier alpha value is -1.49. The van der Waals surface area contributed by atoms with E-state index in [9.17, 15) is 9.18 Å². The minimum absolute atomic E-state index is 0.258. The fourth-order valence-corrected chi connectivity index (χ4v) is 1.61. The molecule has 3 nitrogen and oxygen atoms in total. The molecule has 0 fully saturated rings. The monoisotopic (exact) mass is 196 g/mol. The van der Waals surface area contributed by atoms with E-state index in [0.717, 1.165) is 11.3 Å². The fraction of sp³-hybridized carbons (Fsp3) is 0. The minimum atomic E-state index is -0.358. The first kappa shape index (κ1) is 8.12. The molecule has 0 spiro atoms. The van der Waals surface area contributed by atoms with E-state index in [1.165, 1.54) is 35.4 Å². The summed E-state index contributed by atoms with van der Waals surface area (Å²) in [5.41, 5.74) is 0. The van der Waals surface area contributed by atoms with Crippen LogP contribution in [0.4, 0.5) is 4.39 Å². The molecule has 2 heterocycles. The van der Waals surface area contributed by atoms with Crippen LogP contribution in [0.25, 0.3) is 0 Å². The molecule has 0 radical (unpaired) electrons. The highest BCUT2D eigenvalue weighted by molar-refractivity contribution is 7.12. The van der Waals surface area contributed by atoms with Crippen LogP contribution in [0.2, 0.25) is 0 Å². The van der Waals surface area contributed by atoms with Crippen LogP contribution in [0.3, 0.4) is 0 Å². The van der Waals surface area contributed by atoms with Crippen LogP contribution >= 0.6 is 11.3 Å². The van der Waals surface area contributed by atoms with E-state index in [1.54, 1.807) is 0 Å². The van der Waals surface area contributed by atoms with Crippen molar-refractivity contribution >= 4 is 17.2 Å². The average molecular weight is 196 g/mol. The first-order valence-electron chi connectivity index (χ1n) is 3.55. The van der Waals surface area contributed by atoms with Gasteiger partial charge in [-0.15, -0.1) is 11.3 Å². The van der Waals surface area contributed by atoms with Gasteiger partial charge in [-0.1, -0.05) is 0 Å². The summed E-state index contributed by atoms with van der Waals surface area (Å²) < 4.78 is 13.9. The Balaban J connectivity index is 2.33. The van der Waals surface area contributed by atoms with Gasteiger partial charge >= 0.3 is 0 Å². The van der Waals surface area contributed by atoms with Gasteiger partial charge < -0.3 is 0 Å². The highest BCUT2D eigenvalue weighted by atomic mass is 32.1. The summed E-state index contributed by atoms with van der Waals surface area (Å²) in [6.45, 7) is 0. The maximum absolute atomic E-state index is 12.6. The second-order valence-corrected chi connectivity index (χ2v) is 3.41. The van der Waals surface area contributed by atoms with Gasteiger partial charge in [0, 0.05) is 12.4 Å². The third-order valence-corrected chi connectivity index (χ3v) is 2.38. The van der Waals surface area contributed by atoms with Crippen molar-refractivity contribution in [3.63, 3.8) is 0 Å². The number of rotatable bonds is 1. The quantitative estimate of drug-likeness (QED) is 0.696. The summed E-state index contributed by atoms with van der Waals surface area (Å²) in [6.07, 6.45) is 4.42. The Bertz CT molecular complexity index is 421. The molecule has 0 atom stereocenters. The van der Waals surface area contributed by atoms with Crippen molar-refractivity contribution in [2.45, 2.75) is 0 Å². The molecule has 0 amide bonds. The number of carbonyl (C=O) groups excluding carboxylic acids is 1. The normalized spacial score (nSPS) is 10.2. The van der Waals surface area contributed by atoms with Crippen LogP contribution in [0.15, 0.2) is 30.9 Å². The molecule has 0 aliphatic rings. The van der Waals surface area contributed by atoms with Crippen molar-refractivity contribution in [2.75, 3.05) is 0 Å². The number of hydrogen-bond acceptors (Lipinski definition) is 3. The number of halogens is 1. The maximum atomic E-state index is 12.6. The Morgan fingerprint density at radius 2 is 2.38 bits per heavy atom. The summed E-state index contributed by atoms with van der Waals surface area (Å²) in [7, 11) is 0. The zero-order chi connectivity index (χ0) is 9.26. The molecule has 0 aliphatic heterocycles. The molecular formula is C8H5FN2OS. The van der Waals surface area contributed by atoms with Gasteiger partial charge in [-0.25, -0.2) is 4.98 Å². The lowest BCUT2D eigenvalue weighted by Crippen LogP contribution is -2.07. The summed E-state index contributed by atoms with van der Waals surface area (Å²) >= 11 is 0.829. The number of thiophene rings is 1. The smallest absolute Gasteiger partial charge is 0.272 e. The van der Waals surface area contributed by atoms with E-state index in [0.29, 0.717) is 4.88 Å². The maximum Gasteiger partial charge on any atom is 0.273 e. The summed E-state index contributed by atoms with van der Waals surface area (Å²) in [5, 5.41) is -0.358. The molecule has 0 bridgehead atoms. The second kappa shape index (κ2) is 3.10. The SMILES string of the molecule is O=C(c1ccc(F)s1)n1ccnc1. The molecule has 0 aromatic carbocycles. The van der Waals surface area contributed by atoms with Gasteiger partial charge in [-0.2, -0.15) is 4.39 Å². The largest absolute Gasteiger partial charge is 0.273 e. The highest BCUT2D eigenvalue weighted by Gasteiger charge is 2.10. The topological polar surface area (TPSA) is 34.9 Å². The number of aromatic nitrogens is 2. The molecular weight excluding hydrogens is 191 g/mol. The zero-order valence-corrected chi connectivity index (χ0v) is 7.29. The van der Waals surface area contributed by atoms with E-state index in [2.05, 4.69) is 4.98 Å². The van der Waals surface area contributed by atoms with Crippen LogP contribution < -0.4 is 0 Å². The Morgan fingerprint density at radius 1 is 1.54 bits per heavy atom. The second-order valence-electron chi connectivity index (χ2n) is 2.38. The third-order valence-electron chi connectivity index (χ3n) is 1.52. The molecule has 0 saturated carbocycles. The summed E-state index contributed by atoms with van der Waals surface area (Å²) in [4.78, 5) is 15.6. The molecule has 66 valence electrons. The third kappa shape index (κ3) is 1.50. The Kier molecular flexibility index (Phi) is 1.94. The fourth-order valence-electron chi connectivity index (χ4n) is 0.936. The number of nitrogens with zero attached hydrogens (tertiary/aromatic N) is 2. The first-order chi connectivity index (χ1) is 6.27. The Morgan fingerprint density at radius 3 is 2.92 bits per heavy atom. The van der Waals surface area contributed by atoms with Crippen molar-refractivity contribution in [2.24, 2.45) is 0 Å². The van der Waals surface area contributed by atoms with Gasteiger partial charge in [-0.3, -0.25) is 9.36 Å². The summed E-state index contributed by atoms with van der Waals surface area (Å²) in [6, 6.07) is 2.73. The zero-order valence-electron chi connectivity index (χ0n) is 6.48. The molecule has 13 heavy (non-hydrogen) atoms. The van der Waals surface area contributed by atoms with Crippen LogP contribution in [0, 0.1) is 5.13 Å². The molecule has 2 aromatic rings. The van der Waals surface area contributed by atoms with Gasteiger partial charge in [-0.05, 0) is 12.1 Å². The lowest BCUT2D eigenvalue weighted by Gasteiger charge is -1.94. The van der Waals surface area contributed by atoms with Crippen LogP contribution in [-0.2, 0) is 0 Å². The first-order valence-corrected chi connectivity index (χ1v) is 4.37. The van der Waals surface area contributed by atoms with Crippen molar-refractivity contribution < 1.29 is 9.18 Å². The van der Waals surface area contributed by atoms with Gasteiger partial charge in [0.05, 0.1) is 4.88 Å². The standard InChI is InChI=1S/C8H5FN2OS/c9-7-2-1-6(13-7)8(12)11-4-3-10-5-11/h1-5H. The van der Waals surface area contributed by atoms with Gasteiger partial charge in [0.1, 0.15) is 6.33 Å². The predicted octanol–water partition coefficient (Wildman–Crippen LogP) is 1.77. The number of imidazole rings is 1. The number of carbonyl (C=O) groups is 1. The van der Waals surface area contributed by atoms with E-state index in [1.807, 2.05) is 0 Å². The molecule has 0 unspecified atom stereocenters. The molecule has 2 rings (SSSR count). The van der Waals surface area contributed by atoms with Gasteiger partial charge in [0.15, 0.2) is 5.13 Å². The molecule has 2 aromatic heterocycles. The van der Waals surface area contributed by atoms with E-state index >= 15 is 0 Å². The number of hydrogen-bond donors (Lipinski definition) is 0. The van der Waals surface area contributed by atoms with Gasteiger partial charge in [0.2, 0.25) is 0 Å². The van der Waals surface area contributed by atoms with E-state index < -0.39 is 0 Å². The molecule has 0 N–H and O–H groups in total. The van der Waals surface area contributed by atoms with Crippen LogP contribution in [0.5, 0.6) is 0 Å². The van der Waals surface area contributed by atoms with Crippen molar-refractivity contribution in [3.05, 3.63) is 40.9 Å². The van der Waals surface area contributed by atoms with Crippen molar-refractivity contribution in [3.8, 4) is 0 Å². The highest BCUT2D eigenvalue weighted by Crippen LogP contribution is 2.15. The van der Waals surface area contributed by atoms with Crippen LogP contribution in [-0.4, -0.2) is 15.5 Å². The van der Waals surface area contributed by atoms with E-state index in [-0.39, 0.29) is 11.0 Å². The van der Waals surface area contributed by atoms with E-state index in [4.69, 9.17) is 0 Å². The lowest BCUT2D eigenvalue weighted by molar-refractivity contribution is 0.0964. The molecule has 0 aliphatic carbocycles. The van der Waals surface area contributed by atoms with Crippen molar-refractivity contribution in [1.82, 2.24) is 9.55 Å². The van der Waals surface area contributed by atoms with Gasteiger partial charge in [0.25, 0.3) is 5.91 Å². The van der Waals surface area contributed by atoms with Crippen molar-refractivity contribution in [1.29, 1.82) is 0 Å². The average Bonchev–Trinajstić information content (AvgIpc) is 2.72. The molecule has 0 saturated heterocycles. The Labute approximate surface area is 77.5 Å².